The normalized spacial score (nSPS) is 12.9. The van der Waals surface area contributed by atoms with Crippen LogP contribution in [0.3, 0.4) is 0 Å². The lowest BCUT2D eigenvalue weighted by atomic mass is 10.0. The minimum Gasteiger partial charge on any atom is -0.310 e. The van der Waals surface area contributed by atoms with Crippen LogP contribution in [-0.2, 0) is 0 Å². The highest BCUT2D eigenvalue weighted by Crippen LogP contribution is 2.32. The Balaban J connectivity index is 2.55. The number of nitrogens with one attached hydrogen (secondary N) is 1. The van der Waals surface area contributed by atoms with E-state index in [1.54, 1.807) is 0 Å². The van der Waals surface area contributed by atoms with Gasteiger partial charge in [0, 0.05) is 10.9 Å². The molecule has 3 heteroatoms. The van der Waals surface area contributed by atoms with Gasteiger partial charge in [0.2, 0.25) is 0 Å². The number of hydrogen-bond acceptors (Lipinski definition) is 2. The minimum absolute atomic E-state index is 0.541. The maximum absolute atomic E-state index is 3.62. The van der Waals surface area contributed by atoms with Crippen LogP contribution in [0.1, 0.15) is 62.4 Å². The van der Waals surface area contributed by atoms with Crippen LogP contribution in [0, 0.1) is 6.92 Å². The van der Waals surface area contributed by atoms with Crippen LogP contribution in [0.4, 0.5) is 0 Å². The summed E-state index contributed by atoms with van der Waals surface area (Å²) in [5.74, 6) is 0. The summed E-state index contributed by atoms with van der Waals surface area (Å²) < 4.78 is 1.25. The summed E-state index contributed by atoms with van der Waals surface area (Å²) in [6.07, 6.45) is 6.64. The standard InChI is InChI=1S/C14H24BrNS/c1-4-6-7-8-9-13(16-5-2)12-10-14(15)17-11(12)3/h10,13,16H,4-9H2,1-3H3. The molecule has 1 aromatic heterocycles. The zero-order valence-electron chi connectivity index (χ0n) is 11.2. The van der Waals surface area contributed by atoms with Crippen molar-refractivity contribution >= 4 is 27.3 Å². The van der Waals surface area contributed by atoms with Crippen LogP contribution >= 0.6 is 27.3 Å². The summed E-state index contributed by atoms with van der Waals surface area (Å²) in [6, 6.07) is 2.83. The third-order valence-corrected chi connectivity index (χ3v) is 4.67. The van der Waals surface area contributed by atoms with Crippen LogP contribution in [0.25, 0.3) is 0 Å². The van der Waals surface area contributed by atoms with E-state index in [9.17, 15) is 0 Å². The molecular weight excluding hydrogens is 294 g/mol. The lowest BCUT2D eigenvalue weighted by molar-refractivity contribution is 0.481. The minimum atomic E-state index is 0.541. The second-order valence-corrected chi connectivity index (χ2v) is 7.16. The average molecular weight is 318 g/mol. The molecule has 98 valence electrons. The highest BCUT2D eigenvalue weighted by molar-refractivity contribution is 9.11. The number of thiophene rings is 1. The number of aryl methyl sites for hydroxylation is 1. The molecule has 1 rings (SSSR count). The van der Waals surface area contributed by atoms with Crippen molar-refractivity contribution in [2.75, 3.05) is 6.54 Å². The smallest absolute Gasteiger partial charge is 0.0704 e. The predicted octanol–water partition coefficient (Wildman–Crippen LogP) is 5.44. The molecule has 0 aliphatic carbocycles. The summed E-state index contributed by atoms with van der Waals surface area (Å²) in [4.78, 5) is 1.44. The molecule has 1 nitrogen and oxygen atoms in total. The van der Waals surface area contributed by atoms with Gasteiger partial charge in [-0.15, -0.1) is 11.3 Å². The maximum atomic E-state index is 3.62. The van der Waals surface area contributed by atoms with Crippen molar-refractivity contribution in [1.82, 2.24) is 5.32 Å². The molecule has 0 bridgehead atoms. The van der Waals surface area contributed by atoms with Gasteiger partial charge in [-0.05, 0) is 47.4 Å². The van der Waals surface area contributed by atoms with Gasteiger partial charge in [0.15, 0.2) is 0 Å². The molecule has 1 N–H and O–H groups in total. The second-order valence-electron chi connectivity index (χ2n) is 4.52. The van der Waals surface area contributed by atoms with Gasteiger partial charge >= 0.3 is 0 Å². The molecule has 0 amide bonds. The predicted molar refractivity (Wildman–Crippen MR) is 81.9 cm³/mol. The molecule has 0 aromatic carbocycles. The molecule has 1 unspecified atom stereocenters. The molecule has 1 aromatic rings. The first kappa shape index (κ1) is 15.2. The molecule has 1 atom stereocenters. The van der Waals surface area contributed by atoms with E-state index < -0.39 is 0 Å². The number of hydrogen-bond donors (Lipinski definition) is 1. The van der Waals surface area contributed by atoms with Crippen molar-refractivity contribution in [3.8, 4) is 0 Å². The van der Waals surface area contributed by atoms with Gasteiger partial charge in [-0.1, -0.05) is 39.5 Å². The molecule has 0 aliphatic rings. The molecule has 0 fully saturated rings. The van der Waals surface area contributed by atoms with Gasteiger partial charge in [0.1, 0.15) is 0 Å². The van der Waals surface area contributed by atoms with Gasteiger partial charge in [-0.3, -0.25) is 0 Å². The zero-order chi connectivity index (χ0) is 12.7. The van der Waals surface area contributed by atoms with E-state index in [4.69, 9.17) is 0 Å². The SMILES string of the molecule is CCCCCCC(NCC)c1cc(Br)sc1C. The molecule has 17 heavy (non-hydrogen) atoms. The molecule has 0 radical (unpaired) electrons. The number of halogens is 1. The zero-order valence-corrected chi connectivity index (χ0v) is 13.6. The van der Waals surface area contributed by atoms with Crippen LogP contribution in [0.2, 0.25) is 0 Å². The fourth-order valence-electron chi connectivity index (χ4n) is 2.19. The number of unbranched alkanes of at least 4 members (excludes halogenated alkanes) is 3. The summed E-state index contributed by atoms with van der Waals surface area (Å²) in [5, 5.41) is 3.62. The topological polar surface area (TPSA) is 12.0 Å². The molecule has 0 aliphatic heterocycles. The van der Waals surface area contributed by atoms with Gasteiger partial charge in [0.25, 0.3) is 0 Å². The van der Waals surface area contributed by atoms with E-state index in [0.717, 1.165) is 6.54 Å². The lowest BCUT2D eigenvalue weighted by Gasteiger charge is -2.18. The van der Waals surface area contributed by atoms with E-state index in [1.165, 1.54) is 46.3 Å². The Hall–Kier alpha value is 0.140. The Bertz CT molecular complexity index is 322. The third kappa shape index (κ3) is 5.11. The Kier molecular flexibility index (Phi) is 7.40. The second kappa shape index (κ2) is 8.28. The van der Waals surface area contributed by atoms with Gasteiger partial charge in [-0.2, -0.15) is 0 Å². The van der Waals surface area contributed by atoms with Crippen LogP contribution < -0.4 is 5.32 Å². The van der Waals surface area contributed by atoms with Gasteiger partial charge < -0.3 is 5.32 Å². The molecule has 0 saturated heterocycles. The first-order valence-electron chi connectivity index (χ1n) is 6.68. The van der Waals surface area contributed by atoms with E-state index in [1.807, 2.05) is 11.3 Å². The van der Waals surface area contributed by atoms with E-state index in [0.29, 0.717) is 6.04 Å². The Morgan fingerprint density at radius 2 is 2.06 bits per heavy atom. The van der Waals surface area contributed by atoms with Crippen molar-refractivity contribution < 1.29 is 0 Å². The van der Waals surface area contributed by atoms with Crippen molar-refractivity contribution in [3.63, 3.8) is 0 Å². The van der Waals surface area contributed by atoms with Gasteiger partial charge in [-0.25, -0.2) is 0 Å². The first-order chi connectivity index (χ1) is 8.19. The molecule has 0 spiro atoms. The summed E-state index contributed by atoms with van der Waals surface area (Å²) in [5.41, 5.74) is 1.49. The first-order valence-corrected chi connectivity index (χ1v) is 8.29. The van der Waals surface area contributed by atoms with Crippen LogP contribution in [0.15, 0.2) is 9.85 Å². The van der Waals surface area contributed by atoms with E-state index in [2.05, 4.69) is 48.1 Å². The highest BCUT2D eigenvalue weighted by Gasteiger charge is 2.14. The molecule has 1 heterocycles. The van der Waals surface area contributed by atoms with Crippen molar-refractivity contribution in [2.45, 2.75) is 58.9 Å². The van der Waals surface area contributed by atoms with E-state index >= 15 is 0 Å². The monoisotopic (exact) mass is 317 g/mol. The maximum Gasteiger partial charge on any atom is 0.0704 e. The average Bonchev–Trinajstić information content (AvgIpc) is 2.62. The van der Waals surface area contributed by atoms with Crippen LogP contribution in [-0.4, -0.2) is 6.54 Å². The van der Waals surface area contributed by atoms with Crippen LogP contribution in [0.5, 0.6) is 0 Å². The Morgan fingerprint density at radius 3 is 2.59 bits per heavy atom. The fraction of sp³-hybridized carbons (Fsp3) is 0.714. The fourth-order valence-corrected chi connectivity index (χ4v) is 3.97. The molecular formula is C14H24BrNS. The highest BCUT2D eigenvalue weighted by atomic mass is 79.9. The van der Waals surface area contributed by atoms with Crippen molar-refractivity contribution in [2.24, 2.45) is 0 Å². The van der Waals surface area contributed by atoms with E-state index in [-0.39, 0.29) is 0 Å². The van der Waals surface area contributed by atoms with Gasteiger partial charge in [0.05, 0.1) is 3.79 Å². The third-order valence-electron chi connectivity index (χ3n) is 3.10. The summed E-state index contributed by atoms with van der Waals surface area (Å²) >= 11 is 5.43. The summed E-state index contributed by atoms with van der Waals surface area (Å²) in [7, 11) is 0. The van der Waals surface area contributed by atoms with Crippen molar-refractivity contribution in [1.29, 1.82) is 0 Å². The quantitative estimate of drug-likeness (QED) is 0.629. The van der Waals surface area contributed by atoms with Crippen molar-refractivity contribution in [3.05, 3.63) is 20.3 Å². The Morgan fingerprint density at radius 1 is 1.29 bits per heavy atom. The largest absolute Gasteiger partial charge is 0.310 e. The Labute approximate surface area is 118 Å². The molecule has 0 saturated carbocycles. The summed E-state index contributed by atoms with van der Waals surface area (Å²) in [6.45, 7) is 7.73. The lowest BCUT2D eigenvalue weighted by Crippen LogP contribution is -2.21. The number of rotatable bonds is 8.